The minimum atomic E-state index is 0.102. The molecule has 3 aliphatic rings. The smallest absolute Gasteiger partial charge is 0.254 e. The Labute approximate surface area is 165 Å². The average molecular weight is 378 g/mol. The molecule has 2 aliphatic heterocycles. The number of carbonyl (C=O) groups excluding carboxylic acids is 2. The third-order valence-electron chi connectivity index (χ3n) is 6.48. The summed E-state index contributed by atoms with van der Waals surface area (Å²) in [6.45, 7) is 2.41. The molecule has 2 aromatic rings. The van der Waals surface area contributed by atoms with Crippen LogP contribution >= 0.6 is 0 Å². The molecule has 2 saturated heterocycles. The highest BCUT2D eigenvalue weighted by Crippen LogP contribution is 2.36. The third kappa shape index (κ3) is 3.23. The summed E-state index contributed by atoms with van der Waals surface area (Å²) in [4.78, 5) is 29.9. The van der Waals surface area contributed by atoms with Gasteiger partial charge in [0.25, 0.3) is 5.91 Å². The highest BCUT2D eigenvalue weighted by Gasteiger charge is 2.42. The summed E-state index contributed by atoms with van der Waals surface area (Å²) >= 11 is 0. The van der Waals surface area contributed by atoms with Crippen molar-refractivity contribution < 1.29 is 14.0 Å². The maximum Gasteiger partial charge on any atom is 0.254 e. The molecule has 3 fully saturated rings. The molecule has 0 N–H and O–H groups in total. The van der Waals surface area contributed by atoms with E-state index in [4.69, 9.17) is 4.42 Å². The van der Waals surface area contributed by atoms with E-state index in [2.05, 4.69) is 9.80 Å². The molecule has 2 atom stereocenters. The van der Waals surface area contributed by atoms with Crippen LogP contribution in [0, 0.1) is 11.8 Å². The number of hydrogen-bond donors (Lipinski definition) is 0. The molecule has 1 aromatic carbocycles. The molecule has 3 heterocycles. The maximum absolute atomic E-state index is 13.3. The van der Waals surface area contributed by atoms with E-state index < -0.39 is 0 Å². The van der Waals surface area contributed by atoms with Gasteiger partial charge in [0.2, 0.25) is 5.91 Å². The Hall–Kier alpha value is -2.56. The van der Waals surface area contributed by atoms with Gasteiger partial charge in [0.05, 0.1) is 6.26 Å². The van der Waals surface area contributed by atoms with Gasteiger partial charge in [-0.3, -0.25) is 9.59 Å². The standard InChI is InChI=1S/C23H26N2O3/c26-22(16-8-9-16)24-12-10-20-19(15-24)6-2-11-25(20)23(27)18-5-1-4-17(14-18)21-7-3-13-28-21/h1,3-5,7,13-14,16,19-20H,2,6,8-12,15H2/t19-,20+/m1/s1. The van der Waals surface area contributed by atoms with E-state index in [1.54, 1.807) is 6.26 Å². The first-order valence-electron chi connectivity index (χ1n) is 10.4. The van der Waals surface area contributed by atoms with Gasteiger partial charge in [-0.05, 0) is 62.3 Å². The monoisotopic (exact) mass is 378 g/mol. The number of piperidine rings is 2. The summed E-state index contributed by atoms with van der Waals surface area (Å²) in [6.07, 6.45) is 6.77. The van der Waals surface area contributed by atoms with E-state index in [0.29, 0.717) is 17.4 Å². The molecular weight excluding hydrogens is 352 g/mol. The summed E-state index contributed by atoms with van der Waals surface area (Å²) in [5, 5.41) is 0. The Balaban J connectivity index is 1.33. The van der Waals surface area contributed by atoms with Crippen molar-refractivity contribution in [1.29, 1.82) is 0 Å². The molecule has 5 heteroatoms. The van der Waals surface area contributed by atoms with Crippen LogP contribution in [-0.4, -0.2) is 47.3 Å². The number of carbonyl (C=O) groups is 2. The Kier molecular flexibility index (Phi) is 4.46. The molecule has 1 aromatic heterocycles. The number of benzene rings is 1. The minimum absolute atomic E-state index is 0.102. The molecule has 28 heavy (non-hydrogen) atoms. The van der Waals surface area contributed by atoms with Crippen molar-refractivity contribution in [3.63, 3.8) is 0 Å². The number of amides is 2. The molecule has 2 amide bonds. The van der Waals surface area contributed by atoms with Crippen molar-refractivity contribution in [1.82, 2.24) is 9.80 Å². The van der Waals surface area contributed by atoms with Gasteiger partial charge in [0, 0.05) is 42.7 Å². The van der Waals surface area contributed by atoms with Gasteiger partial charge in [-0.2, -0.15) is 0 Å². The summed E-state index contributed by atoms with van der Waals surface area (Å²) in [6, 6.07) is 11.7. The lowest BCUT2D eigenvalue weighted by Gasteiger charge is -2.47. The van der Waals surface area contributed by atoms with E-state index in [9.17, 15) is 9.59 Å². The quantitative estimate of drug-likeness (QED) is 0.816. The van der Waals surface area contributed by atoms with E-state index in [1.807, 2.05) is 36.4 Å². The van der Waals surface area contributed by atoms with E-state index >= 15 is 0 Å². The van der Waals surface area contributed by atoms with Gasteiger partial charge in [-0.1, -0.05) is 12.1 Å². The van der Waals surface area contributed by atoms with Crippen molar-refractivity contribution in [3.05, 3.63) is 48.2 Å². The van der Waals surface area contributed by atoms with Crippen LogP contribution in [0.4, 0.5) is 0 Å². The minimum Gasteiger partial charge on any atom is -0.464 e. The van der Waals surface area contributed by atoms with Crippen LogP contribution in [0.2, 0.25) is 0 Å². The van der Waals surface area contributed by atoms with Gasteiger partial charge in [0.1, 0.15) is 5.76 Å². The van der Waals surface area contributed by atoms with E-state index in [-0.39, 0.29) is 17.9 Å². The zero-order valence-corrected chi connectivity index (χ0v) is 16.0. The van der Waals surface area contributed by atoms with Gasteiger partial charge in [-0.25, -0.2) is 0 Å². The normalized spacial score (nSPS) is 24.7. The van der Waals surface area contributed by atoms with Gasteiger partial charge in [-0.15, -0.1) is 0 Å². The summed E-state index contributed by atoms with van der Waals surface area (Å²) < 4.78 is 5.48. The Morgan fingerprint density at radius 3 is 2.68 bits per heavy atom. The van der Waals surface area contributed by atoms with Crippen LogP contribution in [0.25, 0.3) is 11.3 Å². The largest absolute Gasteiger partial charge is 0.464 e. The van der Waals surface area contributed by atoms with Crippen LogP contribution in [-0.2, 0) is 4.79 Å². The Morgan fingerprint density at radius 2 is 1.89 bits per heavy atom. The summed E-state index contributed by atoms with van der Waals surface area (Å²) in [7, 11) is 0. The predicted molar refractivity (Wildman–Crippen MR) is 106 cm³/mol. The van der Waals surface area contributed by atoms with Gasteiger partial charge in [0.15, 0.2) is 0 Å². The molecule has 0 spiro atoms. The molecule has 5 rings (SSSR count). The molecule has 1 saturated carbocycles. The van der Waals surface area contributed by atoms with E-state index in [1.165, 1.54) is 0 Å². The zero-order valence-electron chi connectivity index (χ0n) is 16.0. The lowest BCUT2D eigenvalue weighted by atomic mass is 9.83. The van der Waals surface area contributed by atoms with Crippen molar-refractivity contribution in [2.24, 2.45) is 11.8 Å². The SMILES string of the molecule is O=C(C1CC1)N1CC[C@H]2[C@H](CCCN2C(=O)c2cccc(-c3ccco3)c2)C1. The fourth-order valence-corrected chi connectivity index (χ4v) is 4.86. The Morgan fingerprint density at radius 1 is 1.00 bits per heavy atom. The predicted octanol–water partition coefficient (Wildman–Crippen LogP) is 3.81. The molecule has 0 radical (unpaired) electrons. The zero-order chi connectivity index (χ0) is 19.1. The topological polar surface area (TPSA) is 53.8 Å². The molecule has 1 aliphatic carbocycles. The number of nitrogens with zero attached hydrogens (tertiary/aromatic N) is 2. The first-order chi connectivity index (χ1) is 13.7. The second kappa shape index (κ2) is 7.12. The van der Waals surface area contributed by atoms with Crippen LogP contribution in [0.1, 0.15) is 42.5 Å². The maximum atomic E-state index is 13.3. The first kappa shape index (κ1) is 17.5. The fourth-order valence-electron chi connectivity index (χ4n) is 4.86. The molecular formula is C23H26N2O3. The van der Waals surface area contributed by atoms with Crippen LogP contribution in [0.15, 0.2) is 47.1 Å². The van der Waals surface area contributed by atoms with Crippen molar-refractivity contribution in [2.45, 2.75) is 38.1 Å². The number of furan rings is 1. The highest BCUT2D eigenvalue weighted by atomic mass is 16.3. The van der Waals surface area contributed by atoms with Crippen molar-refractivity contribution in [3.8, 4) is 11.3 Å². The highest BCUT2D eigenvalue weighted by molar-refractivity contribution is 5.95. The van der Waals surface area contributed by atoms with Crippen LogP contribution in [0.5, 0.6) is 0 Å². The fraction of sp³-hybridized carbons (Fsp3) is 0.478. The van der Waals surface area contributed by atoms with E-state index in [0.717, 1.165) is 63.1 Å². The first-order valence-corrected chi connectivity index (χ1v) is 10.4. The van der Waals surface area contributed by atoms with Gasteiger partial charge < -0.3 is 14.2 Å². The number of hydrogen-bond acceptors (Lipinski definition) is 3. The molecule has 5 nitrogen and oxygen atoms in total. The Bertz CT molecular complexity index is 872. The van der Waals surface area contributed by atoms with Crippen molar-refractivity contribution in [2.75, 3.05) is 19.6 Å². The van der Waals surface area contributed by atoms with Gasteiger partial charge >= 0.3 is 0 Å². The van der Waals surface area contributed by atoms with Crippen LogP contribution < -0.4 is 0 Å². The molecule has 0 bridgehead atoms. The second-order valence-corrected chi connectivity index (χ2v) is 8.37. The number of likely N-dealkylation sites (tertiary alicyclic amines) is 2. The third-order valence-corrected chi connectivity index (χ3v) is 6.48. The average Bonchev–Trinajstić information content (AvgIpc) is 3.45. The van der Waals surface area contributed by atoms with Crippen molar-refractivity contribution >= 4 is 11.8 Å². The van der Waals surface area contributed by atoms with Crippen LogP contribution in [0.3, 0.4) is 0 Å². The molecule has 146 valence electrons. The lowest BCUT2D eigenvalue weighted by Crippen LogP contribution is -2.56. The summed E-state index contributed by atoms with van der Waals surface area (Å²) in [5.74, 6) is 1.90. The second-order valence-electron chi connectivity index (χ2n) is 8.37. The summed E-state index contributed by atoms with van der Waals surface area (Å²) in [5.41, 5.74) is 1.64. The lowest BCUT2D eigenvalue weighted by molar-refractivity contribution is -0.135. The molecule has 0 unspecified atom stereocenters. The number of fused-ring (bicyclic) bond motifs is 1. The number of rotatable bonds is 3.